The molecule has 3 heterocycles. The molecule has 38 heavy (non-hydrogen) atoms. The van der Waals surface area contributed by atoms with E-state index in [1.54, 1.807) is 7.11 Å². The zero-order chi connectivity index (χ0) is 26.7. The molecule has 2 aliphatic carbocycles. The minimum Gasteiger partial charge on any atom is -0.496 e. The molecular formula is C28H41F4N5O. The van der Waals surface area contributed by atoms with Gasteiger partial charge in [0, 0.05) is 68.2 Å². The number of benzene rings is 1. The number of anilines is 1. The summed E-state index contributed by atoms with van der Waals surface area (Å²) in [6, 6.07) is 7.25. The van der Waals surface area contributed by atoms with Gasteiger partial charge in [-0.15, -0.1) is 0 Å². The van der Waals surface area contributed by atoms with Crippen molar-refractivity contribution in [2.75, 3.05) is 45.2 Å². The minimum absolute atomic E-state index is 0.0468. The number of hydrazine groups is 1. The van der Waals surface area contributed by atoms with Crippen molar-refractivity contribution in [1.82, 2.24) is 20.7 Å². The lowest BCUT2D eigenvalue weighted by Crippen LogP contribution is -2.55. The smallest absolute Gasteiger partial charge is 0.390 e. The van der Waals surface area contributed by atoms with Crippen LogP contribution < -0.4 is 20.9 Å². The van der Waals surface area contributed by atoms with E-state index in [-0.39, 0.29) is 24.7 Å². The number of ether oxygens (including phenoxy) is 1. The standard InChI is InChI=1S/C28H41F4N5O/c1-17-11-22-20(5-6-24-23(22)13-33-35-24)26(37(17)16-27(29)7-8-27)21-4-3-18(12-25(21)38-2)34-19-14-36(15-19)10-9-28(30,31)32/h3-4,12,17,19-20,22-24,26,33-35H,5-11,13-16H2,1-2H3/t17-,20?,22?,23?,24?,26+/m1/s1. The highest BCUT2D eigenvalue weighted by Crippen LogP contribution is 2.54. The lowest BCUT2D eigenvalue weighted by atomic mass is 9.61. The summed E-state index contributed by atoms with van der Waals surface area (Å²) in [6.45, 7) is 4.97. The molecule has 6 rings (SSSR count). The summed E-state index contributed by atoms with van der Waals surface area (Å²) in [6.07, 6.45) is -0.269. The third-order valence-corrected chi connectivity index (χ3v) is 9.85. The molecule has 1 aromatic carbocycles. The molecule has 0 amide bonds. The first-order valence-electron chi connectivity index (χ1n) is 14.3. The summed E-state index contributed by atoms with van der Waals surface area (Å²) in [5.74, 6) is 2.41. The molecule has 212 valence electrons. The number of likely N-dealkylation sites (tertiary alicyclic amines) is 2. The Balaban J connectivity index is 1.21. The number of nitrogens with zero attached hydrogens (tertiary/aromatic N) is 2. The number of alkyl halides is 4. The molecule has 5 fully saturated rings. The van der Waals surface area contributed by atoms with Crippen molar-refractivity contribution in [2.24, 2.45) is 17.8 Å². The molecule has 0 bridgehead atoms. The van der Waals surface area contributed by atoms with Crippen molar-refractivity contribution in [3.8, 4) is 5.75 Å². The lowest BCUT2D eigenvalue weighted by molar-refractivity contribution is -0.139. The Morgan fingerprint density at radius 1 is 1.13 bits per heavy atom. The van der Waals surface area contributed by atoms with Crippen LogP contribution in [0.15, 0.2) is 18.2 Å². The fraction of sp³-hybridized carbons (Fsp3) is 0.786. The summed E-state index contributed by atoms with van der Waals surface area (Å²) >= 11 is 0. The van der Waals surface area contributed by atoms with Crippen LogP contribution in [0.2, 0.25) is 0 Å². The van der Waals surface area contributed by atoms with Crippen LogP contribution in [0.5, 0.6) is 5.75 Å². The van der Waals surface area contributed by atoms with Crippen LogP contribution in [0.25, 0.3) is 0 Å². The zero-order valence-electron chi connectivity index (χ0n) is 22.4. The third kappa shape index (κ3) is 5.38. The quantitative estimate of drug-likeness (QED) is 0.423. The van der Waals surface area contributed by atoms with Gasteiger partial charge in [0.1, 0.15) is 11.4 Å². The number of halogens is 4. The maximum absolute atomic E-state index is 15.2. The van der Waals surface area contributed by atoms with E-state index >= 15 is 4.39 Å². The highest BCUT2D eigenvalue weighted by atomic mass is 19.4. The second-order valence-electron chi connectivity index (χ2n) is 12.5. The second-order valence-corrected chi connectivity index (χ2v) is 12.5. The molecule has 1 aromatic rings. The Bertz CT molecular complexity index is 998. The Morgan fingerprint density at radius 2 is 1.92 bits per heavy atom. The molecule has 4 unspecified atom stereocenters. The first-order chi connectivity index (χ1) is 18.1. The molecule has 6 atom stereocenters. The van der Waals surface area contributed by atoms with Gasteiger partial charge in [-0.2, -0.15) is 13.2 Å². The van der Waals surface area contributed by atoms with Gasteiger partial charge >= 0.3 is 6.18 Å². The molecule has 6 nitrogen and oxygen atoms in total. The van der Waals surface area contributed by atoms with Crippen molar-refractivity contribution in [1.29, 1.82) is 0 Å². The van der Waals surface area contributed by atoms with E-state index in [0.29, 0.717) is 56.3 Å². The molecule has 0 aromatic heterocycles. The third-order valence-electron chi connectivity index (χ3n) is 9.85. The minimum atomic E-state index is -4.11. The molecular weight excluding hydrogens is 498 g/mol. The monoisotopic (exact) mass is 539 g/mol. The van der Waals surface area contributed by atoms with Crippen molar-refractivity contribution in [2.45, 2.75) is 81.5 Å². The van der Waals surface area contributed by atoms with E-state index in [1.807, 2.05) is 11.0 Å². The highest BCUT2D eigenvalue weighted by molar-refractivity contribution is 5.54. The maximum Gasteiger partial charge on any atom is 0.390 e. The van der Waals surface area contributed by atoms with E-state index in [9.17, 15) is 13.2 Å². The van der Waals surface area contributed by atoms with Gasteiger partial charge in [0.25, 0.3) is 0 Å². The van der Waals surface area contributed by atoms with Crippen LogP contribution in [0, 0.1) is 17.8 Å². The van der Waals surface area contributed by atoms with Gasteiger partial charge in [-0.25, -0.2) is 4.39 Å². The largest absolute Gasteiger partial charge is 0.496 e. The summed E-state index contributed by atoms with van der Waals surface area (Å²) in [7, 11) is 1.69. The summed E-state index contributed by atoms with van der Waals surface area (Å²) in [5.41, 5.74) is 7.84. The van der Waals surface area contributed by atoms with E-state index in [4.69, 9.17) is 4.74 Å². The van der Waals surface area contributed by atoms with Gasteiger partial charge < -0.3 is 10.1 Å². The SMILES string of the molecule is COc1cc(NC2CN(CCC(F)(F)F)C2)ccc1[C@@H]1C2CCC3NNCC3C2C[C@@H](C)N1CC1(F)CC1. The van der Waals surface area contributed by atoms with Crippen LogP contribution in [0.1, 0.15) is 57.1 Å². The summed E-state index contributed by atoms with van der Waals surface area (Å²) in [5, 5.41) is 3.47. The Hall–Kier alpha value is -1.62. The van der Waals surface area contributed by atoms with E-state index < -0.39 is 18.3 Å². The molecule has 3 aliphatic heterocycles. The van der Waals surface area contributed by atoms with Gasteiger partial charge in [0.2, 0.25) is 0 Å². The van der Waals surface area contributed by atoms with Gasteiger partial charge in [-0.05, 0) is 62.8 Å². The average molecular weight is 540 g/mol. The molecule has 2 saturated carbocycles. The maximum atomic E-state index is 15.2. The molecule has 0 radical (unpaired) electrons. The van der Waals surface area contributed by atoms with Crippen molar-refractivity contribution in [3.63, 3.8) is 0 Å². The van der Waals surface area contributed by atoms with Gasteiger partial charge in [0.15, 0.2) is 0 Å². The molecule has 0 spiro atoms. The second kappa shape index (κ2) is 10.1. The summed E-state index contributed by atoms with van der Waals surface area (Å²) < 4.78 is 58.7. The number of methoxy groups -OCH3 is 1. The predicted molar refractivity (Wildman–Crippen MR) is 139 cm³/mol. The van der Waals surface area contributed by atoms with Crippen LogP contribution in [-0.4, -0.2) is 79.6 Å². The zero-order valence-corrected chi connectivity index (χ0v) is 22.4. The van der Waals surface area contributed by atoms with Crippen LogP contribution in [0.3, 0.4) is 0 Å². The number of nitrogens with one attached hydrogen (secondary N) is 3. The Kier molecular flexibility index (Phi) is 7.06. The molecule has 10 heteroatoms. The molecule has 3 saturated heterocycles. The fourth-order valence-corrected chi connectivity index (χ4v) is 7.68. The lowest BCUT2D eigenvalue weighted by Gasteiger charge is -2.54. The van der Waals surface area contributed by atoms with Gasteiger partial charge in [-0.1, -0.05) is 6.07 Å². The Labute approximate surface area is 222 Å². The van der Waals surface area contributed by atoms with Crippen molar-refractivity contribution in [3.05, 3.63) is 23.8 Å². The van der Waals surface area contributed by atoms with Crippen molar-refractivity contribution < 1.29 is 22.3 Å². The number of hydrogen-bond acceptors (Lipinski definition) is 6. The summed E-state index contributed by atoms with van der Waals surface area (Å²) in [4.78, 5) is 4.26. The molecule has 5 aliphatic rings. The number of piperidine rings is 1. The molecule has 3 N–H and O–H groups in total. The van der Waals surface area contributed by atoms with Crippen molar-refractivity contribution >= 4 is 5.69 Å². The number of fused-ring (bicyclic) bond motifs is 3. The normalized spacial score (nSPS) is 35.3. The number of hydrogen-bond donors (Lipinski definition) is 3. The average Bonchev–Trinajstić information content (AvgIpc) is 3.37. The first-order valence-corrected chi connectivity index (χ1v) is 14.3. The number of rotatable bonds is 8. The van der Waals surface area contributed by atoms with Crippen LogP contribution >= 0.6 is 0 Å². The van der Waals surface area contributed by atoms with Crippen LogP contribution in [-0.2, 0) is 0 Å². The Morgan fingerprint density at radius 3 is 2.63 bits per heavy atom. The van der Waals surface area contributed by atoms with E-state index in [1.165, 1.54) is 0 Å². The predicted octanol–water partition coefficient (Wildman–Crippen LogP) is 4.50. The first kappa shape index (κ1) is 26.6. The van der Waals surface area contributed by atoms with Crippen LogP contribution in [0.4, 0.5) is 23.2 Å². The topological polar surface area (TPSA) is 51.8 Å². The van der Waals surface area contributed by atoms with Gasteiger partial charge in [-0.3, -0.25) is 20.7 Å². The van der Waals surface area contributed by atoms with E-state index in [2.05, 4.69) is 40.1 Å². The fourth-order valence-electron chi connectivity index (χ4n) is 7.68. The van der Waals surface area contributed by atoms with Gasteiger partial charge in [0.05, 0.1) is 19.6 Å². The van der Waals surface area contributed by atoms with E-state index in [0.717, 1.165) is 42.8 Å². The highest BCUT2D eigenvalue weighted by Gasteiger charge is 2.54.